The first-order valence-corrected chi connectivity index (χ1v) is 38.3. The second-order valence-corrected chi connectivity index (χ2v) is 27.4. The Morgan fingerprint density at radius 3 is 1.01 bits per heavy atom. The van der Waals surface area contributed by atoms with E-state index >= 15 is 0 Å². The number of rotatable bonds is 67. The molecule has 504 valence electrons. The van der Waals surface area contributed by atoms with Crippen LogP contribution in [0.15, 0.2) is 109 Å². The standard InChI is InChI=1S/C78H141N2O6P/c1-6-8-10-12-14-16-18-20-22-24-26-28-30-32-33-34-35-36-37-38-39-40-41-42-43-44-45-46-47-48-50-52-54-56-58-60-62-64-66-68-70-72-78(82)79-76(75-86-87(83,84)85-74-73-80(3,4)5)77(81)71-69-67-65-63-61-59-57-55-53-51-49-31-29-27-25-23-21-19-17-15-13-11-9-7-2/h8,10,14,16,20,22,26,28,32-33,35-36,38-39,41-42,69,71,76-77,81H,6-7,9,11-13,15,17-19,21,23-25,27,29-31,34,37,40,43-68,70,72-75H2,1-5H3,(H-,79,82,83,84)/p+1/b10-8-,16-14-,22-20-,28-26-,33-32-,36-35-,39-38-,42-41-,71-69+. The molecule has 0 aromatic rings. The number of aliphatic hydroxyl groups excluding tert-OH is 1. The number of quaternary nitrogens is 1. The Hall–Kier alpha value is -2.84. The van der Waals surface area contributed by atoms with E-state index in [1.165, 1.54) is 218 Å². The van der Waals surface area contributed by atoms with Crippen LogP contribution >= 0.6 is 7.82 Å². The van der Waals surface area contributed by atoms with E-state index in [0.717, 1.165) is 89.9 Å². The summed E-state index contributed by atoms with van der Waals surface area (Å²) in [6.07, 6.45) is 99.5. The van der Waals surface area contributed by atoms with Gasteiger partial charge in [-0.2, -0.15) is 0 Å². The van der Waals surface area contributed by atoms with E-state index in [4.69, 9.17) is 9.05 Å². The molecule has 3 unspecified atom stereocenters. The lowest BCUT2D eigenvalue weighted by Crippen LogP contribution is -2.45. The number of allylic oxidation sites excluding steroid dienone is 17. The highest BCUT2D eigenvalue weighted by Gasteiger charge is 2.28. The fourth-order valence-corrected chi connectivity index (χ4v) is 11.3. The SMILES string of the molecule is CC/C=C\C/C=C\C/C=C\C/C=C\C/C=C\C/C=C\C/C=C\C/C=C\CCCCCCCCCCCCCCCCCCC(=O)NC(COP(=O)(O)OCC[N+](C)(C)C)C(O)/C=C/CCCCCCCCCCCCCCCCCCCCCCCC. The number of nitrogens with zero attached hydrogens (tertiary/aromatic N) is 1. The van der Waals surface area contributed by atoms with Crippen LogP contribution in [-0.2, 0) is 18.4 Å². The molecule has 0 saturated heterocycles. The van der Waals surface area contributed by atoms with E-state index in [1.54, 1.807) is 6.08 Å². The highest BCUT2D eigenvalue weighted by molar-refractivity contribution is 7.47. The molecule has 1 amide bonds. The smallest absolute Gasteiger partial charge is 0.387 e. The van der Waals surface area contributed by atoms with E-state index in [0.29, 0.717) is 17.4 Å². The second-order valence-electron chi connectivity index (χ2n) is 25.9. The molecule has 0 radical (unpaired) electrons. The third-order valence-electron chi connectivity index (χ3n) is 16.2. The molecule has 3 N–H and O–H groups in total. The van der Waals surface area contributed by atoms with Crippen molar-refractivity contribution < 1.29 is 32.9 Å². The van der Waals surface area contributed by atoms with Gasteiger partial charge < -0.3 is 19.8 Å². The molecule has 0 spiro atoms. The minimum Gasteiger partial charge on any atom is -0.387 e. The van der Waals surface area contributed by atoms with Crippen LogP contribution in [0.5, 0.6) is 0 Å². The molecule has 0 bridgehead atoms. The van der Waals surface area contributed by atoms with Crippen LogP contribution in [-0.4, -0.2) is 73.4 Å². The number of unbranched alkanes of at least 4 members (excludes halogenated alkanes) is 38. The number of hydrogen-bond donors (Lipinski definition) is 3. The van der Waals surface area contributed by atoms with Gasteiger partial charge in [-0.05, 0) is 83.5 Å². The van der Waals surface area contributed by atoms with Gasteiger partial charge in [-0.3, -0.25) is 13.8 Å². The van der Waals surface area contributed by atoms with Crippen molar-refractivity contribution in [1.29, 1.82) is 0 Å². The molecule has 9 heteroatoms. The predicted molar refractivity (Wildman–Crippen MR) is 382 cm³/mol. The van der Waals surface area contributed by atoms with Crippen molar-refractivity contribution in [3.05, 3.63) is 109 Å². The topological polar surface area (TPSA) is 105 Å². The molecule has 0 aliphatic rings. The quantitative estimate of drug-likeness (QED) is 0.0243. The third kappa shape index (κ3) is 70.5. The number of likely N-dealkylation sites (N-methyl/N-ethyl adjacent to an activating group) is 1. The molecular weight excluding hydrogens is 1090 g/mol. The summed E-state index contributed by atoms with van der Waals surface area (Å²) >= 11 is 0. The number of carbonyl (C=O) groups is 1. The lowest BCUT2D eigenvalue weighted by atomic mass is 10.0. The number of amides is 1. The van der Waals surface area contributed by atoms with Gasteiger partial charge in [-0.15, -0.1) is 0 Å². The minimum absolute atomic E-state index is 0.0594. The molecule has 0 aliphatic heterocycles. The third-order valence-corrected chi connectivity index (χ3v) is 17.2. The zero-order chi connectivity index (χ0) is 63.4. The largest absolute Gasteiger partial charge is 0.472 e. The summed E-state index contributed by atoms with van der Waals surface area (Å²) in [6.45, 7) is 4.73. The molecule has 0 saturated carbocycles. The first-order valence-electron chi connectivity index (χ1n) is 36.8. The Kier molecular flexibility index (Phi) is 65.3. The van der Waals surface area contributed by atoms with Gasteiger partial charge in [0.05, 0.1) is 39.9 Å². The van der Waals surface area contributed by atoms with Gasteiger partial charge in [0.25, 0.3) is 0 Å². The average molecular weight is 1230 g/mol. The number of nitrogens with one attached hydrogen (secondary N) is 1. The number of hydrogen-bond acceptors (Lipinski definition) is 5. The van der Waals surface area contributed by atoms with Gasteiger partial charge in [-0.25, -0.2) is 4.57 Å². The van der Waals surface area contributed by atoms with Gasteiger partial charge in [0.1, 0.15) is 13.2 Å². The van der Waals surface area contributed by atoms with Crippen LogP contribution in [0.2, 0.25) is 0 Å². The van der Waals surface area contributed by atoms with Gasteiger partial charge >= 0.3 is 7.82 Å². The summed E-state index contributed by atoms with van der Waals surface area (Å²) in [5.74, 6) is -0.175. The lowest BCUT2D eigenvalue weighted by Gasteiger charge is -2.25. The van der Waals surface area contributed by atoms with E-state index < -0.39 is 20.0 Å². The molecule has 0 aromatic heterocycles. The van der Waals surface area contributed by atoms with Gasteiger partial charge in [0.15, 0.2) is 0 Å². The second kappa shape index (κ2) is 67.6. The van der Waals surface area contributed by atoms with Crippen molar-refractivity contribution in [2.45, 2.75) is 341 Å². The zero-order valence-corrected chi connectivity index (χ0v) is 58.6. The average Bonchev–Trinajstić information content (AvgIpc) is 3.71. The summed E-state index contributed by atoms with van der Waals surface area (Å²) < 4.78 is 23.8. The van der Waals surface area contributed by atoms with Crippen LogP contribution in [0.3, 0.4) is 0 Å². The monoisotopic (exact) mass is 1230 g/mol. The van der Waals surface area contributed by atoms with Crippen molar-refractivity contribution in [1.82, 2.24) is 5.32 Å². The van der Waals surface area contributed by atoms with Crippen LogP contribution in [0, 0.1) is 0 Å². The Balaban J connectivity index is 4.02. The fraction of sp³-hybridized carbons (Fsp3) is 0.756. The molecule has 0 aliphatic carbocycles. The molecule has 3 atom stereocenters. The molecule has 0 heterocycles. The van der Waals surface area contributed by atoms with Crippen molar-refractivity contribution in [3.63, 3.8) is 0 Å². The predicted octanol–water partition coefficient (Wildman–Crippen LogP) is 23.8. The first kappa shape index (κ1) is 84.2. The molecule has 87 heavy (non-hydrogen) atoms. The number of aliphatic hydroxyl groups is 1. The number of phosphoric acid groups is 1. The summed E-state index contributed by atoms with van der Waals surface area (Å²) in [6, 6.07) is -0.853. The van der Waals surface area contributed by atoms with Crippen LogP contribution in [0.4, 0.5) is 0 Å². The summed E-state index contributed by atoms with van der Waals surface area (Å²) in [5, 5.41) is 14.0. The van der Waals surface area contributed by atoms with Crippen molar-refractivity contribution in [2.75, 3.05) is 40.9 Å². The van der Waals surface area contributed by atoms with E-state index in [-0.39, 0.29) is 19.1 Å². The normalized spacial score (nSPS) is 14.2. The molecule has 0 aromatic carbocycles. The zero-order valence-electron chi connectivity index (χ0n) is 57.7. The van der Waals surface area contributed by atoms with Crippen LogP contribution < -0.4 is 5.32 Å². The molecule has 8 nitrogen and oxygen atoms in total. The summed E-state index contributed by atoms with van der Waals surface area (Å²) in [7, 11) is 1.58. The Morgan fingerprint density at radius 1 is 0.402 bits per heavy atom. The maximum Gasteiger partial charge on any atom is 0.472 e. The van der Waals surface area contributed by atoms with Crippen molar-refractivity contribution in [2.24, 2.45) is 0 Å². The van der Waals surface area contributed by atoms with Crippen molar-refractivity contribution in [3.8, 4) is 0 Å². The van der Waals surface area contributed by atoms with Gasteiger partial charge in [-0.1, -0.05) is 348 Å². The highest BCUT2D eigenvalue weighted by Crippen LogP contribution is 2.43. The van der Waals surface area contributed by atoms with Gasteiger partial charge in [0, 0.05) is 6.42 Å². The van der Waals surface area contributed by atoms with E-state index in [2.05, 4.69) is 116 Å². The minimum atomic E-state index is -4.36. The summed E-state index contributed by atoms with van der Waals surface area (Å²) in [5.41, 5.74) is 0. The molecular formula is C78H142N2O6P+. The Bertz CT molecular complexity index is 1790. The fourth-order valence-electron chi connectivity index (χ4n) is 10.6. The maximum absolute atomic E-state index is 13.1. The van der Waals surface area contributed by atoms with Crippen LogP contribution in [0.1, 0.15) is 328 Å². The molecule has 0 fully saturated rings. The van der Waals surface area contributed by atoms with E-state index in [9.17, 15) is 19.4 Å². The first-order chi connectivity index (χ1) is 42.5. The molecule has 0 rings (SSSR count). The number of carbonyl (C=O) groups excluding carboxylic acids is 1. The van der Waals surface area contributed by atoms with Crippen molar-refractivity contribution >= 4 is 13.7 Å². The Labute approximate surface area is 540 Å². The highest BCUT2D eigenvalue weighted by atomic mass is 31.2. The maximum atomic E-state index is 13.1. The van der Waals surface area contributed by atoms with Crippen LogP contribution in [0.25, 0.3) is 0 Å². The van der Waals surface area contributed by atoms with Gasteiger partial charge in [0.2, 0.25) is 5.91 Å². The van der Waals surface area contributed by atoms with E-state index in [1.807, 2.05) is 27.2 Å². The summed E-state index contributed by atoms with van der Waals surface area (Å²) in [4.78, 5) is 23.4. The number of phosphoric ester groups is 1. The Morgan fingerprint density at radius 2 is 0.690 bits per heavy atom. The lowest BCUT2D eigenvalue weighted by molar-refractivity contribution is -0.870.